The summed E-state index contributed by atoms with van der Waals surface area (Å²) in [7, 11) is -4.75. The topological polar surface area (TPSA) is 172 Å². The number of unbranched alkanes of at least 4 members (excludes halogenated alkanes) is 4. The number of hydrogen-bond acceptors (Lipinski definition) is 9. The van der Waals surface area contributed by atoms with Crippen molar-refractivity contribution in [1.82, 2.24) is 0 Å². The molecule has 1 unspecified atom stereocenters. The number of rotatable bonds is 38. The lowest BCUT2D eigenvalue weighted by atomic mass is 10.1. The number of aliphatic carboxylic acids is 1. The molecule has 11 nitrogen and oxygen atoms in total. The van der Waals surface area contributed by atoms with Gasteiger partial charge in [-0.1, -0.05) is 142 Å². The van der Waals surface area contributed by atoms with E-state index in [2.05, 4.69) is 128 Å². The molecular formula is C48H74NO10P. The minimum atomic E-state index is -4.75. The van der Waals surface area contributed by atoms with Gasteiger partial charge in [-0.05, 0) is 96.3 Å². The molecule has 3 atom stereocenters. The molecule has 0 aliphatic heterocycles. The first-order valence-corrected chi connectivity index (χ1v) is 23.1. The number of nitrogens with two attached hydrogens (primary N) is 1. The zero-order chi connectivity index (χ0) is 44.2. The Bertz CT molecular complexity index is 1470. The molecule has 0 aliphatic carbocycles. The fourth-order valence-electron chi connectivity index (χ4n) is 4.89. The Kier molecular flexibility index (Phi) is 38.8. The molecule has 12 heteroatoms. The Hall–Kier alpha value is -4.12. The smallest absolute Gasteiger partial charge is 0.472 e. The molecule has 0 heterocycles. The van der Waals surface area contributed by atoms with Crippen LogP contribution >= 0.6 is 7.82 Å². The van der Waals surface area contributed by atoms with Gasteiger partial charge in [0.15, 0.2) is 6.10 Å². The predicted octanol–water partition coefficient (Wildman–Crippen LogP) is 11.6. The molecule has 0 bridgehead atoms. The average Bonchev–Trinajstić information content (AvgIpc) is 3.22. The van der Waals surface area contributed by atoms with Crippen LogP contribution in [-0.4, -0.2) is 59.9 Å². The van der Waals surface area contributed by atoms with Crippen LogP contribution in [0.5, 0.6) is 0 Å². The maximum absolute atomic E-state index is 12.6. The summed E-state index contributed by atoms with van der Waals surface area (Å²) in [5.41, 5.74) is 5.33. The summed E-state index contributed by atoms with van der Waals surface area (Å²) < 4.78 is 32.6. The van der Waals surface area contributed by atoms with E-state index in [0.717, 1.165) is 83.5 Å². The highest BCUT2D eigenvalue weighted by Crippen LogP contribution is 2.43. The largest absolute Gasteiger partial charge is 0.480 e. The van der Waals surface area contributed by atoms with E-state index < -0.39 is 57.7 Å². The molecule has 0 aromatic carbocycles. The second-order valence-electron chi connectivity index (χ2n) is 13.7. The SMILES string of the molecule is CC/C=C/C/C=C/C/C=C/C/C=C/C/C=C/CCCCCC(=O)O[C@H](COC(=O)CCC/C=C/C/C=C/C/C=C/C/C=C/C/C=C/CC)COP(=O)(O)OC[C@H](N)C(=O)O. The van der Waals surface area contributed by atoms with Crippen molar-refractivity contribution >= 4 is 25.7 Å². The molecule has 0 saturated heterocycles. The first-order chi connectivity index (χ1) is 29.1. The summed E-state index contributed by atoms with van der Waals surface area (Å²) >= 11 is 0. The standard InChI is InChI=1S/C48H74NO10P/c1-3-5-7-9-11-13-15-17-19-21-22-24-26-28-30-32-34-36-38-40-47(51)59-44(42-57-60(54,55)58-43-45(49)48(52)53)41-56-46(50)39-37-35-33-31-29-27-25-23-20-18-16-14-12-10-8-6-4-2/h5-8,11-14,17-20,22,24-25,27-28,30-31,33,44-45H,3-4,9-10,15-16,21,23,26,29,32,34-43,49H2,1-2H3,(H,52,53)(H,54,55)/b7-5+,8-6+,13-11+,14-12+,19-17+,20-18+,24-22+,27-25+,30-28+,33-31+/t44-,45+/m1/s1. The molecule has 0 radical (unpaired) electrons. The number of ether oxygens (including phenoxy) is 2. The van der Waals surface area contributed by atoms with Crippen LogP contribution in [0.4, 0.5) is 0 Å². The number of phosphoric acid groups is 1. The van der Waals surface area contributed by atoms with Gasteiger partial charge in [0.05, 0.1) is 13.2 Å². The van der Waals surface area contributed by atoms with Crippen molar-refractivity contribution in [1.29, 1.82) is 0 Å². The van der Waals surface area contributed by atoms with Crippen LogP contribution in [0.15, 0.2) is 122 Å². The fourth-order valence-corrected chi connectivity index (χ4v) is 5.67. The molecule has 0 saturated carbocycles. The Morgan fingerprint density at radius 2 is 0.900 bits per heavy atom. The van der Waals surface area contributed by atoms with E-state index in [4.69, 9.17) is 24.8 Å². The zero-order valence-corrected chi connectivity index (χ0v) is 37.1. The molecule has 60 heavy (non-hydrogen) atoms. The van der Waals surface area contributed by atoms with Gasteiger partial charge < -0.3 is 25.2 Å². The molecule has 0 amide bonds. The predicted molar refractivity (Wildman–Crippen MR) is 244 cm³/mol. The summed E-state index contributed by atoms with van der Waals surface area (Å²) in [5.74, 6) is -2.52. The number of carboxylic acid groups (broad SMARTS) is 1. The van der Waals surface area contributed by atoms with Crippen molar-refractivity contribution in [3.63, 3.8) is 0 Å². The van der Waals surface area contributed by atoms with Gasteiger partial charge in [0, 0.05) is 12.8 Å². The van der Waals surface area contributed by atoms with Gasteiger partial charge in [0.25, 0.3) is 0 Å². The van der Waals surface area contributed by atoms with E-state index in [-0.39, 0.29) is 12.8 Å². The molecule has 0 fully saturated rings. The highest BCUT2D eigenvalue weighted by Gasteiger charge is 2.28. The maximum Gasteiger partial charge on any atom is 0.472 e. The highest BCUT2D eigenvalue weighted by atomic mass is 31.2. The number of carbonyl (C=O) groups is 3. The summed E-state index contributed by atoms with van der Waals surface area (Å²) in [6.07, 6.45) is 55.6. The van der Waals surface area contributed by atoms with Crippen LogP contribution < -0.4 is 5.73 Å². The van der Waals surface area contributed by atoms with E-state index >= 15 is 0 Å². The summed E-state index contributed by atoms with van der Waals surface area (Å²) in [6.45, 7) is 2.45. The molecule has 4 N–H and O–H groups in total. The van der Waals surface area contributed by atoms with E-state index in [0.29, 0.717) is 19.3 Å². The lowest BCUT2D eigenvalue weighted by Crippen LogP contribution is -2.34. The Balaban J connectivity index is 4.56. The molecule has 0 rings (SSSR count). The first-order valence-electron chi connectivity index (χ1n) is 21.6. The van der Waals surface area contributed by atoms with E-state index in [1.807, 2.05) is 12.2 Å². The average molecular weight is 856 g/mol. The van der Waals surface area contributed by atoms with Gasteiger partial charge in [-0.25, -0.2) is 4.57 Å². The normalized spacial score (nSPS) is 14.9. The first kappa shape index (κ1) is 55.9. The number of carboxylic acids is 1. The monoisotopic (exact) mass is 856 g/mol. The minimum Gasteiger partial charge on any atom is -0.480 e. The van der Waals surface area contributed by atoms with Crippen LogP contribution in [0.3, 0.4) is 0 Å². The number of phosphoric ester groups is 1. The Morgan fingerprint density at radius 1 is 0.517 bits per heavy atom. The molecule has 0 spiro atoms. The third-order valence-corrected chi connectivity index (χ3v) is 9.16. The van der Waals surface area contributed by atoms with Crippen LogP contribution in [-0.2, 0) is 37.5 Å². The quantitative estimate of drug-likeness (QED) is 0.0233. The second kappa shape index (κ2) is 41.6. The Labute approximate surface area is 360 Å². The van der Waals surface area contributed by atoms with Crippen molar-refractivity contribution in [3.8, 4) is 0 Å². The fraction of sp³-hybridized carbons (Fsp3) is 0.521. The molecule has 0 aromatic heterocycles. The van der Waals surface area contributed by atoms with Crippen LogP contribution in [0, 0.1) is 0 Å². The minimum absolute atomic E-state index is 0.101. The Morgan fingerprint density at radius 3 is 1.33 bits per heavy atom. The number of esters is 2. The highest BCUT2D eigenvalue weighted by molar-refractivity contribution is 7.47. The third-order valence-electron chi connectivity index (χ3n) is 8.21. The van der Waals surface area contributed by atoms with Crippen molar-refractivity contribution in [3.05, 3.63) is 122 Å². The van der Waals surface area contributed by atoms with Gasteiger partial charge in [-0.15, -0.1) is 0 Å². The number of hydrogen-bond donors (Lipinski definition) is 3. The summed E-state index contributed by atoms with van der Waals surface area (Å²) in [4.78, 5) is 46.0. The number of allylic oxidation sites excluding steroid dienone is 20. The van der Waals surface area contributed by atoms with Crippen LogP contribution in [0.1, 0.15) is 129 Å². The lowest BCUT2D eigenvalue weighted by molar-refractivity contribution is -0.161. The van der Waals surface area contributed by atoms with E-state index in [1.54, 1.807) is 0 Å². The number of carbonyl (C=O) groups excluding carboxylic acids is 2. The van der Waals surface area contributed by atoms with Crippen molar-refractivity contribution in [2.24, 2.45) is 5.73 Å². The van der Waals surface area contributed by atoms with Crippen molar-refractivity contribution < 1.29 is 47.5 Å². The van der Waals surface area contributed by atoms with Crippen molar-refractivity contribution in [2.45, 2.75) is 142 Å². The second-order valence-corrected chi connectivity index (χ2v) is 15.2. The third kappa shape index (κ3) is 40.7. The zero-order valence-electron chi connectivity index (χ0n) is 36.2. The van der Waals surface area contributed by atoms with E-state index in [1.165, 1.54) is 0 Å². The lowest BCUT2D eigenvalue weighted by Gasteiger charge is -2.20. The van der Waals surface area contributed by atoms with Crippen molar-refractivity contribution in [2.75, 3.05) is 19.8 Å². The molecular weight excluding hydrogens is 781 g/mol. The molecule has 336 valence electrons. The van der Waals surface area contributed by atoms with Gasteiger partial charge in [-0.3, -0.25) is 23.4 Å². The van der Waals surface area contributed by atoms with Crippen LogP contribution in [0.25, 0.3) is 0 Å². The van der Waals surface area contributed by atoms with Gasteiger partial charge in [0.2, 0.25) is 0 Å². The van der Waals surface area contributed by atoms with Gasteiger partial charge in [0.1, 0.15) is 12.6 Å². The van der Waals surface area contributed by atoms with Crippen LogP contribution in [0.2, 0.25) is 0 Å². The van der Waals surface area contributed by atoms with Gasteiger partial charge in [-0.2, -0.15) is 0 Å². The maximum atomic E-state index is 12.6. The van der Waals surface area contributed by atoms with E-state index in [9.17, 15) is 23.8 Å². The summed E-state index contributed by atoms with van der Waals surface area (Å²) in [5, 5.41) is 8.89. The molecule has 0 aromatic rings. The summed E-state index contributed by atoms with van der Waals surface area (Å²) in [6, 6.07) is -1.54. The van der Waals surface area contributed by atoms with Gasteiger partial charge >= 0.3 is 25.7 Å². The molecule has 0 aliphatic rings.